The molecule has 18 heavy (non-hydrogen) atoms. The summed E-state index contributed by atoms with van der Waals surface area (Å²) in [7, 11) is 0. The number of aryl methyl sites for hydroxylation is 1. The molecule has 1 aromatic rings. The van der Waals surface area contributed by atoms with E-state index in [4.69, 9.17) is 11.6 Å². The van der Waals surface area contributed by atoms with Gasteiger partial charge in [-0.05, 0) is 37.5 Å². The lowest BCUT2D eigenvalue weighted by Crippen LogP contribution is -2.36. The third-order valence-electron chi connectivity index (χ3n) is 4.10. The van der Waals surface area contributed by atoms with Crippen molar-refractivity contribution >= 4 is 11.6 Å². The molecule has 1 N–H and O–H groups in total. The number of halogens is 1. The van der Waals surface area contributed by atoms with Crippen LogP contribution in [0.4, 0.5) is 0 Å². The van der Waals surface area contributed by atoms with Gasteiger partial charge in [-0.3, -0.25) is 4.68 Å². The first-order valence-electron chi connectivity index (χ1n) is 6.82. The Balaban J connectivity index is 2.28. The van der Waals surface area contributed by atoms with Crippen molar-refractivity contribution in [2.45, 2.75) is 65.0 Å². The van der Waals surface area contributed by atoms with Gasteiger partial charge in [0.05, 0.1) is 16.9 Å². The van der Waals surface area contributed by atoms with E-state index in [9.17, 15) is 5.11 Å². The quantitative estimate of drug-likeness (QED) is 0.909. The Bertz CT molecular complexity index is 415. The van der Waals surface area contributed by atoms with E-state index in [2.05, 4.69) is 25.9 Å². The molecule has 1 aromatic heterocycles. The molecule has 0 radical (unpaired) electrons. The Morgan fingerprint density at radius 3 is 2.50 bits per heavy atom. The van der Waals surface area contributed by atoms with E-state index in [1.807, 2.05) is 4.68 Å². The second-order valence-electron chi connectivity index (χ2n) is 6.26. The molecule has 4 heteroatoms. The van der Waals surface area contributed by atoms with Gasteiger partial charge in [0.2, 0.25) is 0 Å². The number of hydrogen-bond acceptors (Lipinski definition) is 2. The highest BCUT2D eigenvalue weighted by atomic mass is 35.5. The average Bonchev–Trinajstić information content (AvgIpc) is 2.66. The molecule has 0 aliphatic heterocycles. The molecule has 1 fully saturated rings. The molecule has 102 valence electrons. The van der Waals surface area contributed by atoms with Crippen molar-refractivity contribution in [2.24, 2.45) is 5.41 Å². The maximum absolute atomic E-state index is 10.9. The molecule has 3 nitrogen and oxygen atoms in total. The van der Waals surface area contributed by atoms with E-state index in [0.717, 1.165) is 44.3 Å². The van der Waals surface area contributed by atoms with Gasteiger partial charge in [0.25, 0.3) is 0 Å². The monoisotopic (exact) mass is 270 g/mol. The summed E-state index contributed by atoms with van der Waals surface area (Å²) in [6.45, 7) is 7.44. The van der Waals surface area contributed by atoms with Gasteiger partial charge in [0.15, 0.2) is 0 Å². The Kier molecular flexibility index (Phi) is 3.75. The maximum atomic E-state index is 10.9. The van der Waals surface area contributed by atoms with Gasteiger partial charge < -0.3 is 5.11 Å². The molecule has 1 aliphatic rings. The summed E-state index contributed by atoms with van der Waals surface area (Å²) in [5.74, 6) is 0. The van der Waals surface area contributed by atoms with E-state index < -0.39 is 5.60 Å². The predicted octanol–water partition coefficient (Wildman–Crippen LogP) is 3.73. The number of rotatable bonds is 3. The average molecular weight is 271 g/mol. The Morgan fingerprint density at radius 2 is 1.94 bits per heavy atom. The van der Waals surface area contributed by atoms with Crippen LogP contribution in [-0.4, -0.2) is 14.9 Å². The smallest absolute Gasteiger partial charge is 0.108 e. The SMILES string of the molecule is CCCn1ncc(Cl)c1C1(O)CCC(C)(C)CC1. The molecule has 0 saturated heterocycles. The van der Waals surface area contributed by atoms with Crippen LogP contribution in [0.5, 0.6) is 0 Å². The minimum Gasteiger partial charge on any atom is -0.384 e. The fraction of sp³-hybridized carbons (Fsp3) is 0.786. The zero-order chi connectivity index (χ0) is 13.4. The summed E-state index contributed by atoms with van der Waals surface area (Å²) in [6.07, 6.45) is 6.25. The first-order valence-corrected chi connectivity index (χ1v) is 7.20. The van der Waals surface area contributed by atoms with Crippen molar-refractivity contribution in [3.05, 3.63) is 16.9 Å². The van der Waals surface area contributed by atoms with E-state index >= 15 is 0 Å². The Hall–Kier alpha value is -0.540. The van der Waals surface area contributed by atoms with Gasteiger partial charge in [-0.15, -0.1) is 0 Å². The van der Waals surface area contributed by atoms with Crippen LogP contribution in [-0.2, 0) is 12.1 Å². The zero-order valence-electron chi connectivity index (χ0n) is 11.5. The molecule has 1 heterocycles. The van der Waals surface area contributed by atoms with E-state index in [-0.39, 0.29) is 0 Å². The molecule has 1 aliphatic carbocycles. The molecule has 0 spiro atoms. The van der Waals surface area contributed by atoms with E-state index in [1.54, 1.807) is 6.20 Å². The standard InChI is InChI=1S/C14H23ClN2O/c1-4-9-17-12(11(15)10-16-17)14(18)7-5-13(2,3)6-8-14/h10,18H,4-9H2,1-3H3. The second kappa shape index (κ2) is 4.86. The van der Waals surface area contributed by atoms with Crippen LogP contribution in [0, 0.1) is 5.41 Å². The Labute approximate surface area is 114 Å². The van der Waals surface area contributed by atoms with Crippen LogP contribution < -0.4 is 0 Å². The van der Waals surface area contributed by atoms with Crippen LogP contribution in [0.3, 0.4) is 0 Å². The molecule has 1 saturated carbocycles. The third-order valence-corrected chi connectivity index (χ3v) is 4.38. The van der Waals surface area contributed by atoms with Gasteiger partial charge in [-0.25, -0.2) is 0 Å². The molecule has 0 aromatic carbocycles. The van der Waals surface area contributed by atoms with Gasteiger partial charge in [0, 0.05) is 6.54 Å². The Morgan fingerprint density at radius 1 is 1.33 bits per heavy atom. The van der Waals surface area contributed by atoms with Crippen LogP contribution in [0.25, 0.3) is 0 Å². The van der Waals surface area contributed by atoms with E-state index in [1.165, 1.54) is 0 Å². The van der Waals surface area contributed by atoms with Gasteiger partial charge in [-0.2, -0.15) is 5.10 Å². The largest absolute Gasteiger partial charge is 0.384 e. The highest BCUT2D eigenvalue weighted by Crippen LogP contribution is 2.46. The van der Waals surface area contributed by atoms with Crippen molar-refractivity contribution < 1.29 is 5.11 Å². The lowest BCUT2D eigenvalue weighted by Gasteiger charge is -2.40. The minimum absolute atomic E-state index is 0.328. The molecule has 0 amide bonds. The fourth-order valence-electron chi connectivity index (χ4n) is 2.78. The number of aliphatic hydroxyl groups is 1. The van der Waals surface area contributed by atoms with Gasteiger partial charge in [-0.1, -0.05) is 32.4 Å². The van der Waals surface area contributed by atoms with Gasteiger partial charge in [0.1, 0.15) is 5.60 Å². The van der Waals surface area contributed by atoms with E-state index in [0.29, 0.717) is 10.4 Å². The lowest BCUT2D eigenvalue weighted by molar-refractivity contribution is -0.0373. The normalized spacial score (nSPS) is 22.1. The van der Waals surface area contributed by atoms with Crippen LogP contribution in [0.2, 0.25) is 5.02 Å². The van der Waals surface area contributed by atoms with Crippen molar-refractivity contribution in [1.29, 1.82) is 0 Å². The van der Waals surface area contributed by atoms with Crippen molar-refractivity contribution in [1.82, 2.24) is 9.78 Å². The summed E-state index contributed by atoms with van der Waals surface area (Å²) in [6, 6.07) is 0. The number of aromatic nitrogens is 2. The first kappa shape index (κ1) is 13.9. The zero-order valence-corrected chi connectivity index (χ0v) is 12.3. The topological polar surface area (TPSA) is 38.0 Å². The number of hydrogen-bond donors (Lipinski definition) is 1. The summed E-state index contributed by atoms with van der Waals surface area (Å²) >= 11 is 6.23. The second-order valence-corrected chi connectivity index (χ2v) is 6.67. The summed E-state index contributed by atoms with van der Waals surface area (Å²) in [5, 5.41) is 15.8. The molecule has 0 atom stereocenters. The van der Waals surface area contributed by atoms with Gasteiger partial charge >= 0.3 is 0 Å². The summed E-state index contributed by atoms with van der Waals surface area (Å²) < 4.78 is 1.88. The molecule has 2 rings (SSSR count). The van der Waals surface area contributed by atoms with Crippen LogP contribution >= 0.6 is 11.6 Å². The summed E-state index contributed by atoms with van der Waals surface area (Å²) in [4.78, 5) is 0. The van der Waals surface area contributed by atoms with Crippen molar-refractivity contribution in [2.75, 3.05) is 0 Å². The van der Waals surface area contributed by atoms with Crippen molar-refractivity contribution in [3.63, 3.8) is 0 Å². The van der Waals surface area contributed by atoms with Crippen LogP contribution in [0.1, 0.15) is 58.6 Å². The summed E-state index contributed by atoms with van der Waals surface area (Å²) in [5.41, 5.74) is 0.355. The highest BCUT2D eigenvalue weighted by Gasteiger charge is 2.41. The molecule has 0 bridgehead atoms. The fourth-order valence-corrected chi connectivity index (χ4v) is 3.10. The minimum atomic E-state index is -0.793. The number of nitrogens with zero attached hydrogens (tertiary/aromatic N) is 2. The maximum Gasteiger partial charge on any atom is 0.108 e. The van der Waals surface area contributed by atoms with Crippen LogP contribution in [0.15, 0.2) is 6.20 Å². The predicted molar refractivity (Wildman–Crippen MR) is 73.7 cm³/mol. The molecule has 0 unspecified atom stereocenters. The third kappa shape index (κ3) is 2.57. The molecular formula is C14H23ClN2O. The first-order chi connectivity index (χ1) is 8.38. The highest BCUT2D eigenvalue weighted by molar-refractivity contribution is 6.31. The molecular weight excluding hydrogens is 248 g/mol. The van der Waals surface area contributed by atoms with Crippen molar-refractivity contribution in [3.8, 4) is 0 Å². The lowest BCUT2D eigenvalue weighted by atomic mass is 9.70.